The Balaban J connectivity index is 2.10. The van der Waals surface area contributed by atoms with Crippen molar-refractivity contribution in [1.82, 2.24) is 20.3 Å². The average Bonchev–Trinajstić information content (AvgIpc) is 2.87. The van der Waals surface area contributed by atoms with Gasteiger partial charge in [-0.3, -0.25) is 0 Å². The van der Waals surface area contributed by atoms with E-state index in [2.05, 4.69) is 36.4 Å². The first-order chi connectivity index (χ1) is 10.8. The summed E-state index contributed by atoms with van der Waals surface area (Å²) in [6.07, 6.45) is 0.767. The smallest absolute Gasteiger partial charge is 0.103 e. The van der Waals surface area contributed by atoms with Crippen LogP contribution in [0.2, 0.25) is 5.02 Å². The van der Waals surface area contributed by atoms with E-state index in [4.69, 9.17) is 16.7 Å². The van der Waals surface area contributed by atoms with Gasteiger partial charge in [0.25, 0.3) is 0 Å². The fraction of sp³-hybridized carbons (Fsp3) is 0.529. The molecule has 2 aromatic rings. The molecule has 0 spiro atoms. The van der Waals surface area contributed by atoms with E-state index in [1.807, 2.05) is 35.9 Å². The number of rotatable bonds is 7. The number of hydrogen-bond acceptors (Lipinski definition) is 4. The van der Waals surface area contributed by atoms with Crippen molar-refractivity contribution in [1.29, 1.82) is 0 Å². The van der Waals surface area contributed by atoms with Crippen molar-refractivity contribution >= 4 is 11.6 Å². The number of aliphatic hydroxyl groups excluding tert-OH is 1. The molecule has 2 N–H and O–H groups in total. The van der Waals surface area contributed by atoms with E-state index in [1.54, 1.807) is 0 Å². The molecule has 0 saturated carbocycles. The van der Waals surface area contributed by atoms with Crippen molar-refractivity contribution in [3.8, 4) is 5.69 Å². The maximum absolute atomic E-state index is 9.11. The van der Waals surface area contributed by atoms with E-state index in [9.17, 15) is 0 Å². The lowest BCUT2D eigenvalue weighted by Crippen LogP contribution is -2.32. The van der Waals surface area contributed by atoms with Gasteiger partial charge in [0.05, 0.1) is 17.4 Å². The van der Waals surface area contributed by atoms with Crippen LogP contribution in [0.1, 0.15) is 44.6 Å². The van der Waals surface area contributed by atoms with Gasteiger partial charge in [0, 0.05) is 18.2 Å². The van der Waals surface area contributed by atoms with Crippen LogP contribution in [0.25, 0.3) is 5.69 Å². The predicted molar refractivity (Wildman–Crippen MR) is 93.0 cm³/mol. The Morgan fingerprint density at radius 1 is 1.30 bits per heavy atom. The third-order valence-electron chi connectivity index (χ3n) is 4.09. The van der Waals surface area contributed by atoms with Gasteiger partial charge >= 0.3 is 0 Å². The summed E-state index contributed by atoms with van der Waals surface area (Å²) in [5.74, 6) is 0. The van der Waals surface area contributed by atoms with Crippen molar-refractivity contribution in [3.05, 3.63) is 40.7 Å². The Morgan fingerprint density at radius 3 is 2.57 bits per heavy atom. The second-order valence-corrected chi connectivity index (χ2v) is 7.13. The number of nitrogens with one attached hydrogen (secondary N) is 1. The normalized spacial score (nSPS) is 13.3. The van der Waals surface area contributed by atoms with Crippen molar-refractivity contribution in [2.45, 2.75) is 40.2 Å². The summed E-state index contributed by atoms with van der Waals surface area (Å²) in [5.41, 5.74) is 2.92. The molecule has 23 heavy (non-hydrogen) atoms. The molecule has 1 aromatic heterocycles. The molecule has 0 amide bonds. The van der Waals surface area contributed by atoms with Crippen molar-refractivity contribution in [2.75, 3.05) is 13.2 Å². The number of nitrogens with zero attached hydrogens (tertiary/aromatic N) is 3. The van der Waals surface area contributed by atoms with Crippen LogP contribution < -0.4 is 5.32 Å². The highest BCUT2D eigenvalue weighted by atomic mass is 35.5. The highest BCUT2D eigenvalue weighted by Gasteiger charge is 2.21. The van der Waals surface area contributed by atoms with Gasteiger partial charge in [-0.2, -0.15) is 0 Å². The molecule has 6 heteroatoms. The quantitative estimate of drug-likeness (QED) is 0.814. The molecule has 5 nitrogen and oxygen atoms in total. The maximum atomic E-state index is 9.11. The van der Waals surface area contributed by atoms with E-state index < -0.39 is 0 Å². The maximum Gasteiger partial charge on any atom is 0.103 e. The monoisotopic (exact) mass is 336 g/mol. The van der Waals surface area contributed by atoms with Gasteiger partial charge in [0.2, 0.25) is 0 Å². The standard InChI is InChI=1S/C17H25ClN4O/c1-12(19-11-17(3,4)9-10-23)16-13(2)22(21-20-16)15-7-5-14(18)6-8-15/h5-8,12,19,23H,9-11H2,1-4H3. The minimum Gasteiger partial charge on any atom is -0.396 e. The molecule has 0 saturated heterocycles. The number of halogens is 1. The van der Waals surface area contributed by atoms with Crippen molar-refractivity contribution in [2.24, 2.45) is 5.41 Å². The molecule has 1 heterocycles. The summed E-state index contributed by atoms with van der Waals surface area (Å²) >= 11 is 5.93. The first kappa shape index (κ1) is 17.9. The summed E-state index contributed by atoms with van der Waals surface area (Å²) in [5, 5.41) is 21.9. The first-order valence-electron chi connectivity index (χ1n) is 7.86. The third-order valence-corrected chi connectivity index (χ3v) is 4.34. The zero-order valence-electron chi connectivity index (χ0n) is 14.2. The molecule has 0 fully saturated rings. The number of aromatic nitrogens is 3. The Bertz CT molecular complexity index is 637. The Hall–Kier alpha value is -1.43. The average molecular weight is 337 g/mol. The van der Waals surface area contributed by atoms with Crippen LogP contribution >= 0.6 is 11.6 Å². The molecule has 1 aromatic carbocycles. The van der Waals surface area contributed by atoms with E-state index in [0.29, 0.717) is 5.02 Å². The molecule has 1 unspecified atom stereocenters. The van der Waals surface area contributed by atoms with Gasteiger partial charge in [-0.05, 0) is 49.9 Å². The lowest BCUT2D eigenvalue weighted by molar-refractivity contribution is 0.203. The molecular formula is C17H25ClN4O. The second kappa shape index (κ2) is 7.43. The SMILES string of the molecule is Cc1c(C(C)NCC(C)(C)CCO)nnn1-c1ccc(Cl)cc1. The van der Waals surface area contributed by atoms with Crippen LogP contribution in [-0.4, -0.2) is 33.3 Å². The van der Waals surface area contributed by atoms with Crippen molar-refractivity contribution < 1.29 is 5.11 Å². The number of hydrogen-bond donors (Lipinski definition) is 2. The molecule has 0 aliphatic carbocycles. The van der Waals surface area contributed by atoms with Gasteiger partial charge in [-0.25, -0.2) is 4.68 Å². The summed E-state index contributed by atoms with van der Waals surface area (Å²) in [4.78, 5) is 0. The summed E-state index contributed by atoms with van der Waals surface area (Å²) in [6.45, 7) is 9.39. The van der Waals surface area contributed by atoms with Crippen molar-refractivity contribution in [3.63, 3.8) is 0 Å². The third kappa shape index (κ3) is 4.53. The largest absolute Gasteiger partial charge is 0.396 e. The molecule has 1 atom stereocenters. The van der Waals surface area contributed by atoms with Gasteiger partial charge in [-0.15, -0.1) is 5.10 Å². The van der Waals surface area contributed by atoms with E-state index in [0.717, 1.165) is 30.0 Å². The fourth-order valence-electron chi connectivity index (χ4n) is 2.49. The highest BCUT2D eigenvalue weighted by molar-refractivity contribution is 6.30. The summed E-state index contributed by atoms with van der Waals surface area (Å²) in [7, 11) is 0. The lowest BCUT2D eigenvalue weighted by atomic mass is 9.89. The van der Waals surface area contributed by atoms with Crippen LogP contribution in [0, 0.1) is 12.3 Å². The zero-order valence-corrected chi connectivity index (χ0v) is 14.9. The topological polar surface area (TPSA) is 63.0 Å². The van der Waals surface area contributed by atoms with Gasteiger partial charge in [-0.1, -0.05) is 30.7 Å². The lowest BCUT2D eigenvalue weighted by Gasteiger charge is -2.26. The molecule has 0 bridgehead atoms. The van der Waals surface area contributed by atoms with Gasteiger partial charge in [0.15, 0.2) is 0 Å². The number of benzene rings is 1. The Labute approximate surface area is 142 Å². The van der Waals surface area contributed by atoms with Crippen LogP contribution in [0.5, 0.6) is 0 Å². The van der Waals surface area contributed by atoms with Crippen LogP contribution in [-0.2, 0) is 0 Å². The fourth-order valence-corrected chi connectivity index (χ4v) is 2.61. The molecule has 126 valence electrons. The minimum absolute atomic E-state index is 0.0447. The zero-order chi connectivity index (χ0) is 17.0. The Morgan fingerprint density at radius 2 is 1.96 bits per heavy atom. The van der Waals surface area contributed by atoms with E-state index in [-0.39, 0.29) is 18.1 Å². The molecule has 2 rings (SSSR count). The predicted octanol–water partition coefficient (Wildman–Crippen LogP) is 3.29. The van der Waals surface area contributed by atoms with E-state index >= 15 is 0 Å². The summed E-state index contributed by atoms with van der Waals surface area (Å²) < 4.78 is 1.82. The molecule has 0 aliphatic heterocycles. The van der Waals surface area contributed by atoms with Crippen LogP contribution in [0.15, 0.2) is 24.3 Å². The Kier molecular flexibility index (Phi) is 5.79. The summed E-state index contributed by atoms with van der Waals surface area (Å²) in [6, 6.07) is 7.63. The second-order valence-electron chi connectivity index (χ2n) is 6.69. The van der Waals surface area contributed by atoms with Gasteiger partial charge < -0.3 is 10.4 Å². The van der Waals surface area contributed by atoms with Crippen LogP contribution in [0.4, 0.5) is 0 Å². The first-order valence-corrected chi connectivity index (χ1v) is 8.24. The molecular weight excluding hydrogens is 312 g/mol. The molecule has 0 aliphatic rings. The number of aliphatic hydroxyl groups is 1. The van der Waals surface area contributed by atoms with Crippen LogP contribution in [0.3, 0.4) is 0 Å². The minimum atomic E-state index is 0.0447. The van der Waals surface area contributed by atoms with Gasteiger partial charge in [0.1, 0.15) is 5.69 Å². The molecule has 0 radical (unpaired) electrons. The van der Waals surface area contributed by atoms with E-state index in [1.165, 1.54) is 0 Å². The highest BCUT2D eigenvalue weighted by Crippen LogP contribution is 2.22.